The monoisotopic (exact) mass is 378 g/mol. The first-order chi connectivity index (χ1) is 12.4. The van der Waals surface area contributed by atoms with Gasteiger partial charge in [0.15, 0.2) is 16.6 Å². The number of phenols is 1. The maximum atomic E-state index is 11.9. The molecule has 0 atom stereocenters. The molecule has 26 heavy (non-hydrogen) atoms. The summed E-state index contributed by atoms with van der Waals surface area (Å²) in [5.74, 6) is 0.00331. The van der Waals surface area contributed by atoms with Crippen LogP contribution in [0.5, 0.6) is 11.5 Å². The van der Waals surface area contributed by atoms with Gasteiger partial charge >= 0.3 is 5.97 Å². The van der Waals surface area contributed by atoms with Gasteiger partial charge in [0, 0.05) is 25.3 Å². The van der Waals surface area contributed by atoms with Gasteiger partial charge in [-0.1, -0.05) is 6.07 Å². The molecule has 0 bridgehead atoms. The van der Waals surface area contributed by atoms with Gasteiger partial charge in [-0.2, -0.15) is 0 Å². The lowest BCUT2D eigenvalue weighted by Crippen LogP contribution is -2.27. The van der Waals surface area contributed by atoms with Crippen molar-refractivity contribution < 1.29 is 24.2 Å². The average molecular weight is 378 g/mol. The lowest BCUT2D eigenvalue weighted by Gasteiger charge is -2.14. The zero-order valence-corrected chi connectivity index (χ0v) is 15.8. The number of hydrogen-bond donors (Lipinski definition) is 1. The third-order valence-corrected chi connectivity index (χ3v) is 4.62. The predicted octanol–water partition coefficient (Wildman–Crippen LogP) is 2.91. The number of amides is 1. The summed E-state index contributed by atoms with van der Waals surface area (Å²) in [4.78, 5) is 29.3. The number of aromatic hydroxyl groups is 1. The molecule has 1 aromatic heterocycles. The van der Waals surface area contributed by atoms with E-state index < -0.39 is 0 Å². The standard InChI is InChI=1S/C18H22N2O5S/c1-4-20(12(2)21)18-19-14(11-26-18)10-25-17(23)8-6-13-5-7-16(24-3)15(22)9-13/h5,7,9,11,22H,4,6,8,10H2,1-3H3. The second kappa shape index (κ2) is 9.19. The minimum Gasteiger partial charge on any atom is -0.504 e. The first-order valence-corrected chi connectivity index (χ1v) is 9.06. The lowest BCUT2D eigenvalue weighted by molar-refractivity contribution is -0.145. The molecule has 0 fully saturated rings. The Kier molecular flexibility index (Phi) is 6.97. The van der Waals surface area contributed by atoms with Gasteiger partial charge in [-0.25, -0.2) is 4.98 Å². The van der Waals surface area contributed by atoms with Gasteiger partial charge in [-0.15, -0.1) is 11.3 Å². The number of benzene rings is 1. The number of thiazole rings is 1. The van der Waals surface area contributed by atoms with Crippen molar-refractivity contribution in [1.29, 1.82) is 0 Å². The first-order valence-electron chi connectivity index (χ1n) is 8.18. The second-order valence-corrected chi connectivity index (χ2v) is 6.39. The molecule has 0 saturated carbocycles. The van der Waals surface area contributed by atoms with Crippen LogP contribution < -0.4 is 9.64 Å². The summed E-state index contributed by atoms with van der Waals surface area (Å²) in [6.07, 6.45) is 0.643. The Hall–Kier alpha value is -2.61. The Balaban J connectivity index is 1.83. The number of methoxy groups -OCH3 is 1. The molecule has 2 aromatic rings. The normalized spacial score (nSPS) is 10.4. The number of phenolic OH excluding ortho intramolecular Hbond substituents is 1. The topological polar surface area (TPSA) is 89.0 Å². The van der Waals surface area contributed by atoms with E-state index in [1.54, 1.807) is 28.5 Å². The molecule has 0 saturated heterocycles. The minimum absolute atomic E-state index is 0.0410. The van der Waals surface area contributed by atoms with E-state index in [-0.39, 0.29) is 30.7 Å². The van der Waals surface area contributed by atoms with E-state index >= 15 is 0 Å². The molecule has 7 nitrogen and oxygen atoms in total. The Bertz CT molecular complexity index is 775. The molecule has 140 valence electrons. The fourth-order valence-electron chi connectivity index (χ4n) is 2.34. The summed E-state index contributed by atoms with van der Waals surface area (Å²) in [7, 11) is 1.48. The number of carbonyl (C=O) groups excluding carboxylic acids is 2. The second-order valence-electron chi connectivity index (χ2n) is 5.55. The summed E-state index contributed by atoms with van der Waals surface area (Å²) < 4.78 is 10.2. The number of rotatable bonds is 8. The van der Waals surface area contributed by atoms with Crippen molar-refractivity contribution in [2.45, 2.75) is 33.3 Å². The van der Waals surface area contributed by atoms with Crippen LogP contribution in [0.2, 0.25) is 0 Å². The third-order valence-electron chi connectivity index (χ3n) is 3.71. The number of nitrogens with zero attached hydrogens (tertiary/aromatic N) is 2. The van der Waals surface area contributed by atoms with Crippen molar-refractivity contribution in [1.82, 2.24) is 4.98 Å². The van der Waals surface area contributed by atoms with E-state index in [1.807, 2.05) is 6.92 Å². The van der Waals surface area contributed by atoms with Crippen LogP contribution in [-0.2, 0) is 27.4 Å². The molecule has 1 aromatic carbocycles. The maximum Gasteiger partial charge on any atom is 0.306 e. The lowest BCUT2D eigenvalue weighted by atomic mass is 10.1. The van der Waals surface area contributed by atoms with E-state index in [4.69, 9.17) is 9.47 Å². The Morgan fingerprint density at radius 3 is 2.73 bits per heavy atom. The molecule has 0 aliphatic carbocycles. The summed E-state index contributed by atoms with van der Waals surface area (Å²) in [5, 5.41) is 12.1. The van der Waals surface area contributed by atoms with Crippen LogP contribution in [0.1, 0.15) is 31.5 Å². The van der Waals surface area contributed by atoms with Crippen LogP contribution in [0.3, 0.4) is 0 Å². The van der Waals surface area contributed by atoms with Crippen LogP contribution in [-0.4, -0.2) is 35.6 Å². The van der Waals surface area contributed by atoms with Crippen molar-refractivity contribution in [3.05, 3.63) is 34.8 Å². The highest BCUT2D eigenvalue weighted by Crippen LogP contribution is 2.26. The van der Waals surface area contributed by atoms with Gasteiger partial charge in [0.05, 0.1) is 12.8 Å². The SMILES string of the molecule is CCN(C(C)=O)c1nc(COC(=O)CCc2ccc(OC)c(O)c2)cs1. The molecular weight excluding hydrogens is 356 g/mol. The van der Waals surface area contributed by atoms with Gasteiger partial charge in [0.1, 0.15) is 6.61 Å². The molecule has 1 amide bonds. The van der Waals surface area contributed by atoms with E-state index in [0.717, 1.165) is 5.56 Å². The zero-order chi connectivity index (χ0) is 19.1. The molecule has 0 aliphatic rings. The molecule has 8 heteroatoms. The van der Waals surface area contributed by atoms with Crippen molar-refractivity contribution in [2.75, 3.05) is 18.6 Å². The average Bonchev–Trinajstić information content (AvgIpc) is 3.07. The molecule has 0 radical (unpaired) electrons. The first kappa shape index (κ1) is 19.7. The van der Waals surface area contributed by atoms with Crippen LogP contribution in [0.15, 0.2) is 23.6 Å². The van der Waals surface area contributed by atoms with Gasteiger partial charge in [-0.3, -0.25) is 14.5 Å². The van der Waals surface area contributed by atoms with E-state index in [2.05, 4.69) is 4.98 Å². The van der Waals surface area contributed by atoms with Crippen LogP contribution in [0.25, 0.3) is 0 Å². The number of carbonyl (C=O) groups is 2. The summed E-state index contributed by atoms with van der Waals surface area (Å²) >= 11 is 1.34. The third kappa shape index (κ3) is 5.19. The highest BCUT2D eigenvalue weighted by atomic mass is 32.1. The van der Waals surface area contributed by atoms with Gasteiger partial charge in [0.25, 0.3) is 0 Å². The summed E-state index contributed by atoms with van der Waals surface area (Å²) in [5.41, 5.74) is 1.43. The molecule has 2 rings (SSSR count). The number of ether oxygens (including phenoxy) is 2. The van der Waals surface area contributed by atoms with Gasteiger partial charge < -0.3 is 14.6 Å². The largest absolute Gasteiger partial charge is 0.504 e. The maximum absolute atomic E-state index is 11.9. The number of anilines is 1. The minimum atomic E-state index is -0.353. The van der Waals surface area contributed by atoms with Crippen LogP contribution in [0, 0.1) is 0 Å². The Labute approximate surface area is 156 Å². The Morgan fingerprint density at radius 2 is 2.12 bits per heavy atom. The molecule has 1 N–H and O–H groups in total. The summed E-state index contributed by atoms with van der Waals surface area (Å²) in [6, 6.07) is 5.01. The van der Waals surface area contributed by atoms with Gasteiger partial charge in [-0.05, 0) is 31.0 Å². The number of hydrogen-bond acceptors (Lipinski definition) is 7. The van der Waals surface area contributed by atoms with Crippen LogP contribution >= 0.6 is 11.3 Å². The molecular formula is C18H22N2O5S. The Morgan fingerprint density at radius 1 is 1.35 bits per heavy atom. The van der Waals surface area contributed by atoms with Crippen molar-refractivity contribution in [3.8, 4) is 11.5 Å². The zero-order valence-electron chi connectivity index (χ0n) is 15.0. The predicted molar refractivity (Wildman–Crippen MR) is 98.6 cm³/mol. The molecule has 0 spiro atoms. The quantitative estimate of drug-likeness (QED) is 0.711. The smallest absolute Gasteiger partial charge is 0.306 e. The number of aromatic nitrogens is 1. The molecule has 0 unspecified atom stereocenters. The highest BCUT2D eigenvalue weighted by Gasteiger charge is 2.14. The van der Waals surface area contributed by atoms with Crippen molar-refractivity contribution in [2.24, 2.45) is 0 Å². The highest BCUT2D eigenvalue weighted by molar-refractivity contribution is 7.14. The molecule has 0 aliphatic heterocycles. The van der Waals surface area contributed by atoms with E-state index in [1.165, 1.54) is 25.4 Å². The fraction of sp³-hybridized carbons (Fsp3) is 0.389. The fourth-order valence-corrected chi connectivity index (χ4v) is 3.26. The van der Waals surface area contributed by atoms with E-state index in [9.17, 15) is 14.7 Å². The number of esters is 1. The van der Waals surface area contributed by atoms with Gasteiger partial charge in [0.2, 0.25) is 5.91 Å². The van der Waals surface area contributed by atoms with E-state index in [0.29, 0.717) is 29.5 Å². The van der Waals surface area contributed by atoms with Crippen molar-refractivity contribution in [3.63, 3.8) is 0 Å². The number of aryl methyl sites for hydroxylation is 1. The van der Waals surface area contributed by atoms with Crippen LogP contribution in [0.4, 0.5) is 5.13 Å². The molecule has 1 heterocycles. The van der Waals surface area contributed by atoms with Crippen molar-refractivity contribution >= 4 is 28.3 Å². The summed E-state index contributed by atoms with van der Waals surface area (Å²) in [6.45, 7) is 3.97.